The molecule has 1 aliphatic heterocycles. The number of hydrogen-bond acceptors (Lipinski definition) is 3. The Balaban J connectivity index is 2.11. The van der Waals surface area contributed by atoms with Crippen molar-refractivity contribution in [1.82, 2.24) is 15.0 Å². The molecule has 0 saturated carbocycles. The molecule has 1 amide bonds. The first-order chi connectivity index (χ1) is 10.9. The SMILES string of the molecule is Cc1ncc2c(n1)NC(=O)C2=Cc1[nH]c(C(C)C)cc1C(C)C. The van der Waals surface area contributed by atoms with Crippen molar-refractivity contribution in [3.8, 4) is 0 Å². The number of carbonyl (C=O) groups excluding carboxylic acids is 1. The van der Waals surface area contributed by atoms with Crippen LogP contribution in [0.2, 0.25) is 0 Å². The molecule has 0 spiro atoms. The van der Waals surface area contributed by atoms with E-state index in [-0.39, 0.29) is 5.91 Å². The summed E-state index contributed by atoms with van der Waals surface area (Å²) in [7, 11) is 0. The molecule has 0 fully saturated rings. The van der Waals surface area contributed by atoms with E-state index >= 15 is 0 Å². The van der Waals surface area contributed by atoms with Gasteiger partial charge in [-0.2, -0.15) is 0 Å². The molecule has 2 N–H and O–H groups in total. The summed E-state index contributed by atoms with van der Waals surface area (Å²) in [5, 5.41) is 2.81. The van der Waals surface area contributed by atoms with Crippen molar-refractivity contribution in [3.05, 3.63) is 40.6 Å². The Labute approximate surface area is 136 Å². The lowest BCUT2D eigenvalue weighted by molar-refractivity contribution is -0.110. The summed E-state index contributed by atoms with van der Waals surface area (Å²) in [4.78, 5) is 24.3. The number of H-pyrrole nitrogens is 1. The van der Waals surface area contributed by atoms with Gasteiger partial charge in [-0.25, -0.2) is 9.97 Å². The third-order valence-electron chi connectivity index (χ3n) is 4.11. The molecule has 3 heterocycles. The number of aromatic amines is 1. The fourth-order valence-corrected chi connectivity index (χ4v) is 2.76. The first-order valence-electron chi connectivity index (χ1n) is 7.96. The molecule has 0 unspecified atom stereocenters. The fourth-order valence-electron chi connectivity index (χ4n) is 2.76. The summed E-state index contributed by atoms with van der Waals surface area (Å²) in [5.74, 6) is 1.90. The summed E-state index contributed by atoms with van der Waals surface area (Å²) in [5.41, 5.74) is 4.76. The van der Waals surface area contributed by atoms with Gasteiger partial charge in [0.05, 0.1) is 5.57 Å². The molecule has 1 aliphatic rings. The Morgan fingerprint density at radius 3 is 2.57 bits per heavy atom. The minimum absolute atomic E-state index is 0.129. The van der Waals surface area contributed by atoms with Gasteiger partial charge in [0.2, 0.25) is 0 Å². The zero-order chi connectivity index (χ0) is 16.7. The average Bonchev–Trinajstić information content (AvgIpc) is 3.01. The van der Waals surface area contributed by atoms with Gasteiger partial charge in [-0.1, -0.05) is 27.7 Å². The van der Waals surface area contributed by atoms with E-state index in [9.17, 15) is 4.79 Å². The molecule has 23 heavy (non-hydrogen) atoms. The second-order valence-corrected chi connectivity index (χ2v) is 6.59. The molecule has 0 saturated heterocycles. The standard InChI is InChI=1S/C18H22N4O/c1-9(2)12-6-15(10(3)4)21-16(12)7-13-14-8-19-11(5)20-17(14)22-18(13)23/h6-10,21H,1-5H3,(H,19,20,22,23). The van der Waals surface area contributed by atoms with Gasteiger partial charge in [-0.05, 0) is 36.5 Å². The van der Waals surface area contributed by atoms with Gasteiger partial charge in [0.25, 0.3) is 5.91 Å². The maximum absolute atomic E-state index is 12.3. The van der Waals surface area contributed by atoms with Crippen LogP contribution in [-0.2, 0) is 4.79 Å². The van der Waals surface area contributed by atoms with Crippen LogP contribution >= 0.6 is 0 Å². The number of hydrogen-bond donors (Lipinski definition) is 2. The van der Waals surface area contributed by atoms with Crippen LogP contribution in [0, 0.1) is 6.92 Å². The first kappa shape index (κ1) is 15.5. The van der Waals surface area contributed by atoms with Crippen molar-refractivity contribution in [3.63, 3.8) is 0 Å². The second kappa shape index (κ2) is 5.65. The lowest BCUT2D eigenvalue weighted by Gasteiger charge is -2.04. The lowest BCUT2D eigenvalue weighted by Crippen LogP contribution is -2.04. The highest BCUT2D eigenvalue weighted by Gasteiger charge is 2.26. The number of anilines is 1. The Morgan fingerprint density at radius 1 is 1.17 bits per heavy atom. The van der Waals surface area contributed by atoms with Gasteiger partial charge in [-0.3, -0.25) is 4.79 Å². The van der Waals surface area contributed by atoms with Gasteiger partial charge in [0, 0.05) is 23.1 Å². The van der Waals surface area contributed by atoms with E-state index in [0.29, 0.717) is 29.1 Å². The van der Waals surface area contributed by atoms with Crippen LogP contribution in [0.5, 0.6) is 0 Å². The van der Waals surface area contributed by atoms with Gasteiger partial charge < -0.3 is 10.3 Å². The zero-order valence-electron chi connectivity index (χ0n) is 14.2. The third kappa shape index (κ3) is 2.79. The number of amides is 1. The Bertz CT molecular complexity index is 799. The second-order valence-electron chi connectivity index (χ2n) is 6.59. The molecule has 120 valence electrons. The number of nitrogens with zero attached hydrogens (tertiary/aromatic N) is 2. The van der Waals surface area contributed by atoms with Crippen molar-refractivity contribution in [2.75, 3.05) is 5.32 Å². The molecule has 0 aliphatic carbocycles. The third-order valence-corrected chi connectivity index (χ3v) is 4.11. The van der Waals surface area contributed by atoms with Crippen molar-refractivity contribution in [2.24, 2.45) is 0 Å². The van der Waals surface area contributed by atoms with E-state index in [2.05, 4.69) is 54.0 Å². The van der Waals surface area contributed by atoms with Crippen molar-refractivity contribution < 1.29 is 4.79 Å². The highest BCUT2D eigenvalue weighted by molar-refractivity contribution is 6.34. The molecule has 2 aromatic rings. The largest absolute Gasteiger partial charge is 0.358 e. The van der Waals surface area contributed by atoms with Crippen LogP contribution in [0.15, 0.2) is 12.3 Å². The number of aromatic nitrogens is 3. The molecular formula is C18H22N4O. The maximum atomic E-state index is 12.3. The van der Waals surface area contributed by atoms with E-state index in [0.717, 1.165) is 11.3 Å². The molecule has 5 heteroatoms. The Kier molecular flexibility index (Phi) is 3.80. The maximum Gasteiger partial charge on any atom is 0.257 e. The summed E-state index contributed by atoms with van der Waals surface area (Å²) in [6.45, 7) is 10.4. The lowest BCUT2D eigenvalue weighted by atomic mass is 10.00. The number of carbonyl (C=O) groups is 1. The molecular weight excluding hydrogens is 288 g/mol. The number of rotatable bonds is 3. The quantitative estimate of drug-likeness (QED) is 0.846. The number of fused-ring (bicyclic) bond motifs is 1. The van der Waals surface area contributed by atoms with Crippen LogP contribution in [0.4, 0.5) is 5.82 Å². The van der Waals surface area contributed by atoms with Gasteiger partial charge in [0.15, 0.2) is 0 Å². The molecule has 0 radical (unpaired) electrons. The highest BCUT2D eigenvalue weighted by Crippen LogP contribution is 2.33. The predicted octanol–water partition coefficient (Wildman–Crippen LogP) is 3.85. The average molecular weight is 310 g/mol. The molecule has 5 nitrogen and oxygen atoms in total. The monoisotopic (exact) mass is 310 g/mol. The van der Waals surface area contributed by atoms with Crippen LogP contribution in [0.3, 0.4) is 0 Å². The molecule has 0 atom stereocenters. The van der Waals surface area contributed by atoms with E-state index < -0.39 is 0 Å². The van der Waals surface area contributed by atoms with E-state index in [1.54, 1.807) is 6.20 Å². The van der Waals surface area contributed by atoms with Crippen molar-refractivity contribution in [1.29, 1.82) is 0 Å². The van der Waals surface area contributed by atoms with Crippen LogP contribution in [-0.4, -0.2) is 20.9 Å². The van der Waals surface area contributed by atoms with Crippen LogP contribution in [0.25, 0.3) is 11.6 Å². The van der Waals surface area contributed by atoms with Crippen LogP contribution in [0.1, 0.15) is 67.9 Å². The molecule has 3 rings (SSSR count). The number of aryl methyl sites for hydroxylation is 1. The van der Waals surface area contributed by atoms with Crippen LogP contribution < -0.4 is 5.32 Å². The first-order valence-corrected chi connectivity index (χ1v) is 7.96. The van der Waals surface area contributed by atoms with E-state index in [1.807, 2.05) is 13.0 Å². The highest BCUT2D eigenvalue weighted by atomic mass is 16.2. The molecule has 2 aromatic heterocycles. The van der Waals surface area contributed by atoms with E-state index in [4.69, 9.17) is 0 Å². The van der Waals surface area contributed by atoms with Gasteiger partial charge >= 0.3 is 0 Å². The Hall–Kier alpha value is -2.43. The van der Waals surface area contributed by atoms with Crippen molar-refractivity contribution >= 4 is 23.4 Å². The normalized spacial score (nSPS) is 15.6. The van der Waals surface area contributed by atoms with Crippen molar-refractivity contribution in [2.45, 2.75) is 46.5 Å². The summed E-state index contributed by atoms with van der Waals surface area (Å²) in [6, 6.07) is 2.20. The predicted molar refractivity (Wildman–Crippen MR) is 92.2 cm³/mol. The van der Waals surface area contributed by atoms with Gasteiger partial charge in [-0.15, -0.1) is 0 Å². The summed E-state index contributed by atoms with van der Waals surface area (Å²) in [6.07, 6.45) is 3.63. The van der Waals surface area contributed by atoms with E-state index in [1.165, 1.54) is 11.3 Å². The summed E-state index contributed by atoms with van der Waals surface area (Å²) < 4.78 is 0. The molecule has 0 aromatic carbocycles. The Morgan fingerprint density at radius 2 is 1.91 bits per heavy atom. The topological polar surface area (TPSA) is 70.7 Å². The number of nitrogens with one attached hydrogen (secondary N) is 2. The fraction of sp³-hybridized carbons (Fsp3) is 0.389. The minimum Gasteiger partial charge on any atom is -0.358 e. The summed E-state index contributed by atoms with van der Waals surface area (Å²) >= 11 is 0. The zero-order valence-corrected chi connectivity index (χ0v) is 14.2. The smallest absolute Gasteiger partial charge is 0.257 e. The minimum atomic E-state index is -0.129. The molecule has 0 bridgehead atoms. The van der Waals surface area contributed by atoms with Gasteiger partial charge in [0.1, 0.15) is 11.6 Å².